The highest BCUT2D eigenvalue weighted by atomic mass is 16.5. The molecule has 20 heavy (non-hydrogen) atoms. The Morgan fingerprint density at radius 3 is 2.80 bits per heavy atom. The zero-order chi connectivity index (χ0) is 14.5. The Morgan fingerprint density at radius 2 is 2.15 bits per heavy atom. The number of ether oxygens (including phenoxy) is 1. The Balaban J connectivity index is 2.26. The van der Waals surface area contributed by atoms with Crippen molar-refractivity contribution in [2.24, 2.45) is 0 Å². The first-order valence-electron chi connectivity index (χ1n) is 6.90. The van der Waals surface area contributed by atoms with E-state index in [1.54, 1.807) is 6.92 Å². The van der Waals surface area contributed by atoms with Crippen molar-refractivity contribution in [3.8, 4) is 17.1 Å². The van der Waals surface area contributed by atoms with Crippen LogP contribution in [0.5, 0.6) is 5.75 Å². The van der Waals surface area contributed by atoms with Gasteiger partial charge < -0.3 is 14.4 Å². The summed E-state index contributed by atoms with van der Waals surface area (Å²) < 4.78 is 10.7. The first-order valence-corrected chi connectivity index (χ1v) is 6.90. The van der Waals surface area contributed by atoms with Crippen molar-refractivity contribution in [1.82, 2.24) is 10.1 Å². The molecule has 0 saturated carbocycles. The second kappa shape index (κ2) is 6.52. The molecule has 2 unspecified atom stereocenters. The Labute approximate surface area is 118 Å². The van der Waals surface area contributed by atoms with E-state index in [-0.39, 0.29) is 5.92 Å². The van der Waals surface area contributed by atoms with Crippen LogP contribution in [-0.4, -0.2) is 28.0 Å². The van der Waals surface area contributed by atoms with E-state index >= 15 is 0 Å². The van der Waals surface area contributed by atoms with Gasteiger partial charge >= 0.3 is 0 Å². The summed E-state index contributed by atoms with van der Waals surface area (Å²) in [6.45, 7) is 6.26. The number of aliphatic hydroxyl groups excluding tert-OH is 1. The van der Waals surface area contributed by atoms with Crippen LogP contribution in [0.4, 0.5) is 0 Å². The monoisotopic (exact) mass is 276 g/mol. The number of aromatic nitrogens is 2. The third kappa shape index (κ3) is 3.17. The average molecular weight is 276 g/mol. The van der Waals surface area contributed by atoms with Crippen LogP contribution in [0.1, 0.15) is 39.0 Å². The lowest BCUT2D eigenvalue weighted by Crippen LogP contribution is -2.13. The molecule has 0 amide bonds. The Hall–Kier alpha value is -1.88. The Bertz CT molecular complexity index is 552. The Kier molecular flexibility index (Phi) is 4.74. The summed E-state index contributed by atoms with van der Waals surface area (Å²) in [7, 11) is 0. The number of hydrogen-bond donors (Lipinski definition) is 1. The van der Waals surface area contributed by atoms with E-state index in [0.29, 0.717) is 18.3 Å². The van der Waals surface area contributed by atoms with Crippen LogP contribution in [0.25, 0.3) is 11.4 Å². The first kappa shape index (κ1) is 14.5. The van der Waals surface area contributed by atoms with Gasteiger partial charge in [0.05, 0.1) is 18.6 Å². The molecule has 0 bridgehead atoms. The number of hydrogen-bond acceptors (Lipinski definition) is 5. The van der Waals surface area contributed by atoms with Crippen LogP contribution >= 0.6 is 0 Å². The molecule has 0 aliphatic heterocycles. The second-order valence-corrected chi connectivity index (χ2v) is 4.67. The predicted octanol–water partition coefficient (Wildman–Crippen LogP) is 3.01. The predicted molar refractivity (Wildman–Crippen MR) is 75.6 cm³/mol. The third-order valence-electron chi connectivity index (χ3n) is 3.18. The van der Waals surface area contributed by atoms with Gasteiger partial charge in [0.25, 0.3) is 0 Å². The van der Waals surface area contributed by atoms with E-state index in [1.165, 1.54) is 0 Å². The zero-order valence-electron chi connectivity index (χ0n) is 12.0. The van der Waals surface area contributed by atoms with Gasteiger partial charge in [-0.05, 0) is 32.4 Å². The van der Waals surface area contributed by atoms with Crippen molar-refractivity contribution in [3.63, 3.8) is 0 Å². The van der Waals surface area contributed by atoms with Crippen LogP contribution < -0.4 is 4.74 Å². The summed E-state index contributed by atoms with van der Waals surface area (Å²) in [4.78, 5) is 4.38. The van der Waals surface area contributed by atoms with Crippen molar-refractivity contribution in [3.05, 3.63) is 30.2 Å². The van der Waals surface area contributed by atoms with Gasteiger partial charge in [-0.15, -0.1) is 0 Å². The smallest absolute Gasteiger partial charge is 0.232 e. The maximum atomic E-state index is 9.71. The topological polar surface area (TPSA) is 68.4 Å². The number of rotatable bonds is 6. The van der Waals surface area contributed by atoms with E-state index in [9.17, 15) is 5.11 Å². The molecule has 108 valence electrons. The highest BCUT2D eigenvalue weighted by Gasteiger charge is 2.22. The lowest BCUT2D eigenvalue weighted by molar-refractivity contribution is 0.141. The van der Waals surface area contributed by atoms with Crippen LogP contribution in [0, 0.1) is 0 Å². The molecule has 0 fully saturated rings. The van der Waals surface area contributed by atoms with Crippen molar-refractivity contribution >= 4 is 0 Å². The SMILES string of the molecule is CCOc1cccc(-c2noc(C(CC)C(C)O)n2)c1. The van der Waals surface area contributed by atoms with Crippen molar-refractivity contribution < 1.29 is 14.4 Å². The van der Waals surface area contributed by atoms with Crippen LogP contribution in [0.3, 0.4) is 0 Å². The summed E-state index contributed by atoms with van der Waals surface area (Å²) in [5.74, 6) is 1.63. The van der Waals surface area contributed by atoms with Crippen LogP contribution in [0.15, 0.2) is 28.8 Å². The van der Waals surface area contributed by atoms with Crippen LogP contribution in [0.2, 0.25) is 0 Å². The molecule has 5 nitrogen and oxygen atoms in total. The molecule has 1 aromatic carbocycles. The van der Waals surface area contributed by atoms with Crippen LogP contribution in [-0.2, 0) is 0 Å². The van der Waals surface area contributed by atoms with E-state index < -0.39 is 6.10 Å². The van der Waals surface area contributed by atoms with E-state index in [2.05, 4.69) is 10.1 Å². The van der Waals surface area contributed by atoms with Crippen molar-refractivity contribution in [2.45, 2.75) is 39.2 Å². The molecule has 1 N–H and O–H groups in total. The molecule has 0 aliphatic rings. The molecule has 2 aromatic rings. The van der Waals surface area contributed by atoms with Gasteiger partial charge in [0.1, 0.15) is 5.75 Å². The van der Waals surface area contributed by atoms with Gasteiger partial charge in [-0.1, -0.05) is 24.2 Å². The van der Waals surface area contributed by atoms with E-state index in [4.69, 9.17) is 9.26 Å². The molecule has 0 radical (unpaired) electrons. The minimum Gasteiger partial charge on any atom is -0.494 e. The third-order valence-corrected chi connectivity index (χ3v) is 3.18. The standard InChI is InChI=1S/C15H20N2O3/c1-4-13(10(3)18)15-16-14(17-20-15)11-7-6-8-12(9-11)19-5-2/h6-10,13,18H,4-5H2,1-3H3. The highest BCUT2D eigenvalue weighted by molar-refractivity contribution is 5.56. The maximum Gasteiger partial charge on any atom is 0.232 e. The van der Waals surface area contributed by atoms with E-state index in [0.717, 1.165) is 17.7 Å². The van der Waals surface area contributed by atoms with Gasteiger partial charge in [-0.25, -0.2) is 0 Å². The van der Waals surface area contributed by atoms with Gasteiger partial charge in [0.15, 0.2) is 0 Å². The molecule has 0 spiro atoms. The van der Waals surface area contributed by atoms with Gasteiger partial charge in [-0.3, -0.25) is 0 Å². The summed E-state index contributed by atoms with van der Waals surface area (Å²) in [6, 6.07) is 7.56. The second-order valence-electron chi connectivity index (χ2n) is 4.67. The summed E-state index contributed by atoms with van der Waals surface area (Å²) in [5.41, 5.74) is 0.839. The summed E-state index contributed by atoms with van der Waals surface area (Å²) >= 11 is 0. The summed E-state index contributed by atoms with van der Waals surface area (Å²) in [6.07, 6.45) is 0.237. The lowest BCUT2D eigenvalue weighted by Gasteiger charge is -2.12. The quantitative estimate of drug-likeness (QED) is 0.878. The molecular formula is C15H20N2O3. The van der Waals surface area contributed by atoms with Crippen molar-refractivity contribution in [2.75, 3.05) is 6.61 Å². The fourth-order valence-corrected chi connectivity index (χ4v) is 2.12. The van der Waals surface area contributed by atoms with Gasteiger partial charge in [0.2, 0.25) is 11.7 Å². The fraction of sp³-hybridized carbons (Fsp3) is 0.467. The molecular weight excluding hydrogens is 256 g/mol. The molecule has 1 aromatic heterocycles. The minimum absolute atomic E-state index is 0.133. The normalized spacial score (nSPS) is 14.0. The minimum atomic E-state index is -0.511. The average Bonchev–Trinajstić information content (AvgIpc) is 2.89. The largest absolute Gasteiger partial charge is 0.494 e. The molecule has 0 saturated heterocycles. The zero-order valence-corrected chi connectivity index (χ0v) is 12.0. The lowest BCUT2D eigenvalue weighted by atomic mass is 10.0. The molecule has 5 heteroatoms. The number of nitrogens with zero attached hydrogens (tertiary/aromatic N) is 2. The van der Waals surface area contributed by atoms with Gasteiger partial charge in [-0.2, -0.15) is 4.98 Å². The fourth-order valence-electron chi connectivity index (χ4n) is 2.12. The van der Waals surface area contributed by atoms with E-state index in [1.807, 2.05) is 38.1 Å². The molecule has 1 heterocycles. The molecule has 2 atom stereocenters. The number of aliphatic hydroxyl groups is 1. The first-order chi connectivity index (χ1) is 9.65. The highest BCUT2D eigenvalue weighted by Crippen LogP contribution is 2.26. The summed E-state index contributed by atoms with van der Waals surface area (Å²) in [5, 5.41) is 13.7. The van der Waals surface area contributed by atoms with Gasteiger partial charge in [0, 0.05) is 5.56 Å². The molecule has 2 rings (SSSR count). The number of benzene rings is 1. The Morgan fingerprint density at radius 1 is 1.35 bits per heavy atom. The molecule has 0 aliphatic carbocycles. The maximum absolute atomic E-state index is 9.71. The van der Waals surface area contributed by atoms with Crippen molar-refractivity contribution in [1.29, 1.82) is 0 Å².